The van der Waals surface area contributed by atoms with E-state index < -0.39 is 29.8 Å². The number of carbonyl (C=O) groups is 1. The number of hydrogen-bond acceptors (Lipinski definition) is 5. The Bertz CT molecular complexity index is 713. The smallest absolute Gasteiger partial charge is 0.416 e. The monoisotopic (exact) mass is 343 g/mol. The van der Waals surface area contributed by atoms with Gasteiger partial charge in [0, 0.05) is 6.54 Å². The van der Waals surface area contributed by atoms with Crippen molar-refractivity contribution >= 4 is 5.91 Å². The number of oxazole rings is 1. The molecule has 1 aromatic carbocycles. The van der Waals surface area contributed by atoms with Crippen molar-refractivity contribution in [3.05, 3.63) is 53.2 Å². The van der Waals surface area contributed by atoms with E-state index >= 15 is 0 Å². The van der Waals surface area contributed by atoms with Gasteiger partial charge in [-0.1, -0.05) is 12.1 Å². The Morgan fingerprint density at radius 3 is 2.79 bits per heavy atom. The third kappa shape index (κ3) is 4.33. The molecule has 0 aliphatic rings. The van der Waals surface area contributed by atoms with Crippen molar-refractivity contribution in [2.75, 3.05) is 0 Å². The van der Waals surface area contributed by atoms with Crippen molar-refractivity contribution in [1.29, 1.82) is 0 Å². The van der Waals surface area contributed by atoms with Gasteiger partial charge in [-0.15, -0.1) is 0 Å². The molecule has 9 heteroatoms. The van der Waals surface area contributed by atoms with E-state index in [2.05, 4.69) is 10.3 Å². The second-order valence-corrected chi connectivity index (χ2v) is 5.22. The maximum absolute atomic E-state index is 12.6. The zero-order chi connectivity index (χ0) is 17.9. The number of aromatic nitrogens is 1. The lowest BCUT2D eigenvalue weighted by Gasteiger charge is -2.09. The highest BCUT2D eigenvalue weighted by Crippen LogP contribution is 2.29. The number of nitrogens with two attached hydrogens (primary N) is 1. The zero-order valence-electron chi connectivity index (χ0n) is 12.7. The molecular weight excluding hydrogens is 327 g/mol. The van der Waals surface area contributed by atoms with Gasteiger partial charge in [-0.05, 0) is 24.6 Å². The molecule has 2 atom stereocenters. The maximum Gasteiger partial charge on any atom is 0.416 e. The summed E-state index contributed by atoms with van der Waals surface area (Å²) in [6.45, 7) is 1.34. The Morgan fingerprint density at radius 1 is 1.46 bits per heavy atom. The van der Waals surface area contributed by atoms with Crippen molar-refractivity contribution < 1.29 is 27.5 Å². The summed E-state index contributed by atoms with van der Waals surface area (Å²) >= 11 is 0. The fourth-order valence-corrected chi connectivity index (χ4v) is 1.88. The van der Waals surface area contributed by atoms with Crippen LogP contribution in [0, 0.1) is 0 Å². The molecule has 0 spiro atoms. The number of hydrogen-bond donors (Lipinski definition) is 3. The van der Waals surface area contributed by atoms with E-state index in [-0.39, 0.29) is 18.1 Å². The Balaban J connectivity index is 2.01. The molecule has 0 radical (unpaired) electrons. The fraction of sp³-hybridized carbons (Fsp3) is 0.333. The molecule has 1 heterocycles. The second-order valence-electron chi connectivity index (χ2n) is 5.22. The van der Waals surface area contributed by atoms with Crippen molar-refractivity contribution in [3.63, 3.8) is 0 Å². The van der Waals surface area contributed by atoms with Gasteiger partial charge in [0.15, 0.2) is 5.69 Å². The minimum absolute atomic E-state index is 0.00535. The minimum Gasteiger partial charge on any atom is -0.446 e. The lowest BCUT2D eigenvalue weighted by atomic mass is 10.1. The van der Waals surface area contributed by atoms with Gasteiger partial charge in [0.25, 0.3) is 5.91 Å². The molecule has 130 valence electrons. The number of benzene rings is 1. The Hall–Kier alpha value is -2.39. The predicted molar refractivity (Wildman–Crippen MR) is 77.7 cm³/mol. The Morgan fingerprint density at radius 2 is 2.17 bits per heavy atom. The SMILES string of the molecule is CC(O)C(N)c1nc(C(=O)NCc2cccc(C(F)(F)F)c2)co1. The van der Waals surface area contributed by atoms with E-state index in [1.807, 2.05) is 0 Å². The number of alkyl halides is 3. The molecule has 2 aromatic rings. The lowest BCUT2D eigenvalue weighted by molar-refractivity contribution is -0.137. The number of halogens is 3. The van der Waals surface area contributed by atoms with Crippen LogP contribution in [0.15, 0.2) is 34.9 Å². The average molecular weight is 343 g/mol. The highest BCUT2D eigenvalue weighted by atomic mass is 19.4. The molecular formula is C15H16F3N3O3. The molecule has 1 amide bonds. The average Bonchev–Trinajstić information content (AvgIpc) is 3.01. The standard InChI is InChI=1S/C15H16F3N3O3/c1-8(22)12(19)14-21-11(7-24-14)13(23)20-6-9-3-2-4-10(5-9)15(16,17)18/h2-5,7-8,12,22H,6,19H2,1H3,(H,20,23). The number of nitrogens with one attached hydrogen (secondary N) is 1. The first kappa shape index (κ1) is 18.0. The third-order valence-electron chi connectivity index (χ3n) is 3.27. The topological polar surface area (TPSA) is 101 Å². The van der Waals surface area contributed by atoms with Crippen molar-refractivity contribution in [1.82, 2.24) is 10.3 Å². The van der Waals surface area contributed by atoms with E-state index in [0.717, 1.165) is 18.4 Å². The zero-order valence-corrected chi connectivity index (χ0v) is 12.7. The molecule has 1 aromatic heterocycles. The number of aliphatic hydroxyl groups is 1. The molecule has 0 aliphatic heterocycles. The number of carbonyl (C=O) groups excluding carboxylic acids is 1. The lowest BCUT2D eigenvalue weighted by Crippen LogP contribution is -2.25. The van der Waals surface area contributed by atoms with E-state index in [4.69, 9.17) is 10.2 Å². The Labute approximate surface area is 135 Å². The van der Waals surface area contributed by atoms with E-state index in [1.54, 1.807) is 0 Å². The number of aliphatic hydroxyl groups excluding tert-OH is 1. The summed E-state index contributed by atoms with van der Waals surface area (Å²) in [4.78, 5) is 15.8. The van der Waals surface area contributed by atoms with E-state index in [9.17, 15) is 23.1 Å². The highest BCUT2D eigenvalue weighted by Gasteiger charge is 2.30. The van der Waals surface area contributed by atoms with Crippen molar-refractivity contribution in [3.8, 4) is 0 Å². The Kier molecular flexibility index (Phi) is 5.25. The van der Waals surface area contributed by atoms with Gasteiger partial charge in [0.05, 0.1) is 11.7 Å². The van der Waals surface area contributed by atoms with Crippen LogP contribution in [0.4, 0.5) is 13.2 Å². The molecule has 24 heavy (non-hydrogen) atoms. The summed E-state index contributed by atoms with van der Waals surface area (Å²) in [6.07, 6.45) is -4.29. The van der Waals surface area contributed by atoms with Crippen LogP contribution in [-0.2, 0) is 12.7 Å². The number of amides is 1. The van der Waals surface area contributed by atoms with Crippen LogP contribution < -0.4 is 11.1 Å². The van der Waals surface area contributed by atoms with Crippen molar-refractivity contribution in [2.24, 2.45) is 5.73 Å². The molecule has 0 saturated carbocycles. The minimum atomic E-state index is -4.45. The van der Waals surface area contributed by atoms with Gasteiger partial charge in [-0.2, -0.15) is 13.2 Å². The summed E-state index contributed by atoms with van der Waals surface area (Å²) < 4.78 is 42.9. The number of rotatable bonds is 5. The van der Waals surface area contributed by atoms with Gasteiger partial charge in [0.1, 0.15) is 12.3 Å². The van der Waals surface area contributed by atoms with Gasteiger partial charge >= 0.3 is 6.18 Å². The first-order valence-electron chi connectivity index (χ1n) is 7.02. The molecule has 0 bridgehead atoms. The quantitative estimate of drug-likeness (QED) is 0.771. The van der Waals surface area contributed by atoms with Crippen LogP contribution in [0.5, 0.6) is 0 Å². The number of nitrogens with zero attached hydrogens (tertiary/aromatic N) is 1. The predicted octanol–water partition coefficient (Wildman–Crippen LogP) is 2.00. The molecule has 0 saturated heterocycles. The van der Waals surface area contributed by atoms with Crippen LogP contribution >= 0.6 is 0 Å². The van der Waals surface area contributed by atoms with Crippen LogP contribution in [0.1, 0.15) is 40.5 Å². The van der Waals surface area contributed by atoms with Crippen LogP contribution in [0.2, 0.25) is 0 Å². The molecule has 0 aliphatic carbocycles. The molecule has 4 N–H and O–H groups in total. The largest absolute Gasteiger partial charge is 0.446 e. The summed E-state index contributed by atoms with van der Waals surface area (Å²) in [7, 11) is 0. The maximum atomic E-state index is 12.6. The highest BCUT2D eigenvalue weighted by molar-refractivity contribution is 5.91. The van der Waals surface area contributed by atoms with Gasteiger partial charge < -0.3 is 20.6 Å². The summed E-state index contributed by atoms with van der Waals surface area (Å²) in [5.41, 5.74) is 5.06. The third-order valence-corrected chi connectivity index (χ3v) is 3.27. The first-order valence-corrected chi connectivity index (χ1v) is 7.02. The summed E-state index contributed by atoms with van der Waals surface area (Å²) in [5.74, 6) is -0.630. The van der Waals surface area contributed by atoms with Crippen LogP contribution in [-0.4, -0.2) is 22.1 Å². The van der Waals surface area contributed by atoms with Crippen LogP contribution in [0.25, 0.3) is 0 Å². The fourth-order valence-electron chi connectivity index (χ4n) is 1.88. The summed E-state index contributed by atoms with van der Waals surface area (Å²) in [5, 5.41) is 11.8. The van der Waals surface area contributed by atoms with Gasteiger partial charge in [0.2, 0.25) is 5.89 Å². The molecule has 2 unspecified atom stereocenters. The first-order chi connectivity index (χ1) is 11.2. The van der Waals surface area contributed by atoms with Crippen molar-refractivity contribution in [2.45, 2.75) is 31.8 Å². The molecule has 6 nitrogen and oxygen atoms in total. The molecule has 0 fully saturated rings. The van der Waals surface area contributed by atoms with Crippen LogP contribution in [0.3, 0.4) is 0 Å². The second kappa shape index (κ2) is 7.02. The van der Waals surface area contributed by atoms with E-state index in [1.165, 1.54) is 19.1 Å². The van der Waals surface area contributed by atoms with Gasteiger partial charge in [-0.3, -0.25) is 4.79 Å². The van der Waals surface area contributed by atoms with Gasteiger partial charge in [-0.25, -0.2) is 4.98 Å². The molecule has 2 rings (SSSR count). The van der Waals surface area contributed by atoms with E-state index in [0.29, 0.717) is 5.56 Å². The normalized spacial score (nSPS) is 14.2. The summed E-state index contributed by atoms with van der Waals surface area (Å²) in [6, 6.07) is 3.76.